The number of nitrogens with two attached hydrogens (primary N) is 1. The van der Waals surface area contributed by atoms with E-state index in [9.17, 15) is 4.79 Å². The highest BCUT2D eigenvalue weighted by Gasteiger charge is 2.14. The molecule has 0 saturated carbocycles. The number of fused-ring (bicyclic) bond motifs is 1. The van der Waals surface area contributed by atoms with Gasteiger partial charge in [0, 0.05) is 42.0 Å². The first-order valence-electron chi connectivity index (χ1n) is 7.91. The third kappa shape index (κ3) is 4.76. The molecule has 2 aromatic rings. The molecule has 4 nitrogen and oxygen atoms in total. The predicted octanol–water partition coefficient (Wildman–Crippen LogP) is 3.47. The Hall–Kier alpha value is -1.49. The highest BCUT2D eigenvalue weighted by atomic mass is 35.5. The first kappa shape index (κ1) is 18.8. The van der Waals surface area contributed by atoms with Gasteiger partial charge < -0.3 is 15.7 Å². The number of carboxylic acid groups (broad SMARTS) is 1. The summed E-state index contributed by atoms with van der Waals surface area (Å²) >= 11 is 11.8. The van der Waals surface area contributed by atoms with Crippen LogP contribution in [0, 0.1) is 0 Å². The third-order valence-electron chi connectivity index (χ3n) is 3.96. The van der Waals surface area contributed by atoms with Crippen LogP contribution in [0.3, 0.4) is 0 Å². The molecule has 0 aliphatic rings. The minimum Gasteiger partial charge on any atom is -0.481 e. The summed E-state index contributed by atoms with van der Waals surface area (Å²) < 4.78 is 0. The number of alkyl halides is 2. The van der Waals surface area contributed by atoms with Crippen molar-refractivity contribution in [3.8, 4) is 0 Å². The van der Waals surface area contributed by atoms with E-state index >= 15 is 0 Å². The van der Waals surface area contributed by atoms with E-state index in [1.807, 2.05) is 30.3 Å². The van der Waals surface area contributed by atoms with Crippen molar-refractivity contribution in [1.82, 2.24) is 0 Å². The zero-order valence-electron chi connectivity index (χ0n) is 13.4. The number of carbonyl (C=O) groups is 1. The summed E-state index contributed by atoms with van der Waals surface area (Å²) in [6.07, 6.45) is 0.485. The molecule has 0 heterocycles. The van der Waals surface area contributed by atoms with Crippen molar-refractivity contribution in [2.75, 3.05) is 29.7 Å². The molecular formula is C18H22Cl2N2O2. The lowest BCUT2D eigenvalue weighted by Gasteiger charge is -2.25. The van der Waals surface area contributed by atoms with Gasteiger partial charge in [0.25, 0.3) is 0 Å². The van der Waals surface area contributed by atoms with E-state index in [-0.39, 0.29) is 6.42 Å². The average Bonchev–Trinajstić information content (AvgIpc) is 2.54. The molecule has 0 bridgehead atoms. The van der Waals surface area contributed by atoms with Crippen LogP contribution in [0.15, 0.2) is 36.4 Å². The quantitative estimate of drug-likeness (QED) is 0.665. The minimum absolute atomic E-state index is 0.0410. The maximum Gasteiger partial charge on any atom is 0.304 e. The fourth-order valence-corrected chi connectivity index (χ4v) is 3.34. The predicted molar refractivity (Wildman–Crippen MR) is 102 cm³/mol. The lowest BCUT2D eigenvalue weighted by molar-refractivity contribution is -0.137. The molecule has 1 unspecified atom stereocenters. The van der Waals surface area contributed by atoms with Crippen LogP contribution in [0.4, 0.5) is 5.69 Å². The fraction of sp³-hybridized carbons (Fsp3) is 0.389. The molecule has 2 rings (SSSR count). The zero-order chi connectivity index (χ0) is 17.5. The number of halogens is 2. The smallest absolute Gasteiger partial charge is 0.304 e. The average molecular weight is 369 g/mol. The summed E-state index contributed by atoms with van der Waals surface area (Å²) in [6, 6.07) is 11.7. The Morgan fingerprint density at radius 1 is 1.08 bits per heavy atom. The number of carboxylic acids is 1. The molecule has 0 amide bonds. The van der Waals surface area contributed by atoms with Gasteiger partial charge in [0.05, 0.1) is 6.42 Å². The van der Waals surface area contributed by atoms with Crippen LogP contribution in [-0.4, -0.2) is 42.0 Å². The van der Waals surface area contributed by atoms with Crippen molar-refractivity contribution < 1.29 is 9.90 Å². The van der Waals surface area contributed by atoms with Crippen LogP contribution in [0.1, 0.15) is 12.0 Å². The number of hydrogen-bond acceptors (Lipinski definition) is 3. The molecule has 24 heavy (non-hydrogen) atoms. The van der Waals surface area contributed by atoms with Crippen LogP contribution in [0.25, 0.3) is 10.8 Å². The van der Waals surface area contributed by atoms with Gasteiger partial charge in [-0.15, -0.1) is 23.2 Å². The number of anilines is 1. The van der Waals surface area contributed by atoms with Gasteiger partial charge in [-0.3, -0.25) is 4.79 Å². The number of aliphatic carboxylic acids is 1. The molecule has 1 atom stereocenters. The number of rotatable bonds is 9. The summed E-state index contributed by atoms with van der Waals surface area (Å²) in [6.45, 7) is 1.44. The second-order valence-electron chi connectivity index (χ2n) is 5.72. The maximum atomic E-state index is 10.8. The summed E-state index contributed by atoms with van der Waals surface area (Å²) in [5, 5.41) is 11.1. The fourth-order valence-electron chi connectivity index (χ4n) is 2.94. The number of benzene rings is 2. The standard InChI is InChI=1S/C18H22Cl2N2O2/c19-7-9-22(10-8-20)17-6-5-13(11-14(21)12-18(23)24)15-3-1-2-4-16(15)17/h1-6,14H,7-12,21H2,(H,23,24). The van der Waals surface area contributed by atoms with Gasteiger partial charge >= 0.3 is 5.97 Å². The van der Waals surface area contributed by atoms with E-state index in [4.69, 9.17) is 34.0 Å². The van der Waals surface area contributed by atoms with E-state index in [1.54, 1.807) is 0 Å². The first-order chi connectivity index (χ1) is 11.6. The van der Waals surface area contributed by atoms with Crippen LogP contribution >= 0.6 is 23.2 Å². The molecule has 0 spiro atoms. The molecule has 0 saturated heterocycles. The van der Waals surface area contributed by atoms with E-state index in [1.165, 1.54) is 0 Å². The van der Waals surface area contributed by atoms with Gasteiger partial charge in [-0.2, -0.15) is 0 Å². The Morgan fingerprint density at radius 3 is 2.29 bits per heavy atom. The molecule has 2 aromatic carbocycles. The largest absolute Gasteiger partial charge is 0.481 e. The molecule has 6 heteroatoms. The van der Waals surface area contributed by atoms with E-state index in [2.05, 4.69) is 11.0 Å². The zero-order valence-corrected chi connectivity index (χ0v) is 14.9. The van der Waals surface area contributed by atoms with Crippen LogP contribution < -0.4 is 10.6 Å². The number of nitrogens with zero attached hydrogens (tertiary/aromatic N) is 1. The van der Waals surface area contributed by atoms with Crippen molar-refractivity contribution in [1.29, 1.82) is 0 Å². The van der Waals surface area contributed by atoms with E-state index < -0.39 is 12.0 Å². The highest BCUT2D eigenvalue weighted by molar-refractivity contribution is 6.18. The molecule has 0 fully saturated rings. The van der Waals surface area contributed by atoms with Crippen LogP contribution in [0.2, 0.25) is 0 Å². The second kappa shape index (κ2) is 9.11. The van der Waals surface area contributed by atoms with Crippen molar-refractivity contribution in [3.05, 3.63) is 42.0 Å². The van der Waals surface area contributed by atoms with Gasteiger partial charge in [-0.05, 0) is 23.4 Å². The van der Waals surface area contributed by atoms with Gasteiger partial charge in [0.1, 0.15) is 0 Å². The normalized spacial score (nSPS) is 12.3. The Bertz CT molecular complexity index is 688. The summed E-state index contributed by atoms with van der Waals surface area (Å²) in [7, 11) is 0. The SMILES string of the molecule is NC(CC(=O)O)Cc1ccc(N(CCCl)CCCl)c2ccccc12. The van der Waals surface area contributed by atoms with Gasteiger partial charge in [-0.1, -0.05) is 30.3 Å². The lowest BCUT2D eigenvalue weighted by atomic mass is 9.96. The molecule has 3 N–H and O–H groups in total. The first-order valence-corrected chi connectivity index (χ1v) is 8.98. The Labute approximate surface area is 152 Å². The van der Waals surface area contributed by atoms with Crippen LogP contribution in [-0.2, 0) is 11.2 Å². The Kier molecular flexibility index (Phi) is 7.16. The second-order valence-corrected chi connectivity index (χ2v) is 6.47. The van der Waals surface area contributed by atoms with E-state index in [0.717, 1.165) is 35.1 Å². The van der Waals surface area contributed by atoms with Gasteiger partial charge in [0.2, 0.25) is 0 Å². The van der Waals surface area contributed by atoms with Gasteiger partial charge in [0.15, 0.2) is 0 Å². The molecule has 130 valence electrons. The third-order valence-corrected chi connectivity index (χ3v) is 4.30. The maximum absolute atomic E-state index is 10.8. The Balaban J connectivity index is 2.40. The van der Waals surface area contributed by atoms with Crippen molar-refractivity contribution >= 4 is 45.6 Å². The van der Waals surface area contributed by atoms with Crippen LogP contribution in [0.5, 0.6) is 0 Å². The summed E-state index contributed by atoms with van der Waals surface area (Å²) in [5.74, 6) is 0.172. The molecule has 0 radical (unpaired) electrons. The topological polar surface area (TPSA) is 66.6 Å². The van der Waals surface area contributed by atoms with Crippen molar-refractivity contribution in [2.45, 2.75) is 18.9 Å². The molecular weight excluding hydrogens is 347 g/mol. The molecule has 0 aromatic heterocycles. The number of hydrogen-bond donors (Lipinski definition) is 2. The minimum atomic E-state index is -0.876. The summed E-state index contributed by atoms with van der Waals surface area (Å²) in [4.78, 5) is 13.0. The Morgan fingerprint density at radius 2 is 1.71 bits per heavy atom. The molecule has 0 aliphatic carbocycles. The highest BCUT2D eigenvalue weighted by Crippen LogP contribution is 2.30. The molecule has 0 aliphatic heterocycles. The van der Waals surface area contributed by atoms with Gasteiger partial charge in [-0.25, -0.2) is 0 Å². The summed E-state index contributed by atoms with van der Waals surface area (Å²) in [5.41, 5.74) is 8.11. The van der Waals surface area contributed by atoms with E-state index in [0.29, 0.717) is 18.2 Å². The monoisotopic (exact) mass is 368 g/mol. The lowest BCUT2D eigenvalue weighted by Crippen LogP contribution is -2.28. The van der Waals surface area contributed by atoms with Crippen molar-refractivity contribution in [3.63, 3.8) is 0 Å². The van der Waals surface area contributed by atoms with Crippen molar-refractivity contribution in [2.24, 2.45) is 5.73 Å².